The van der Waals surface area contributed by atoms with E-state index in [1.165, 1.54) is 10.5 Å². The molecule has 0 saturated carbocycles. The molecule has 0 radical (unpaired) electrons. The zero-order valence-corrected chi connectivity index (χ0v) is 24.7. The summed E-state index contributed by atoms with van der Waals surface area (Å²) >= 11 is 0. The fourth-order valence-electron chi connectivity index (χ4n) is 6.93. The predicted octanol–water partition coefficient (Wildman–Crippen LogP) is 6.88. The average molecular weight is 579 g/mol. The van der Waals surface area contributed by atoms with Crippen LogP contribution in [-0.4, -0.2) is 43.3 Å². The molecule has 1 aliphatic carbocycles. The van der Waals surface area contributed by atoms with E-state index in [1.54, 1.807) is 19.2 Å². The molecule has 7 heteroatoms. The van der Waals surface area contributed by atoms with Crippen molar-refractivity contribution >= 4 is 35.0 Å². The number of anilines is 3. The maximum Gasteiger partial charge on any atom is 0.238 e. The number of para-hydroxylation sites is 1. The van der Waals surface area contributed by atoms with E-state index in [0.717, 1.165) is 47.3 Å². The zero-order chi connectivity index (χ0) is 29.9. The van der Waals surface area contributed by atoms with Gasteiger partial charge in [0.1, 0.15) is 5.75 Å². The van der Waals surface area contributed by atoms with Gasteiger partial charge in [-0.3, -0.25) is 14.5 Å². The third-order valence-corrected chi connectivity index (χ3v) is 8.94. The molecule has 43 heavy (non-hydrogen) atoms. The molecule has 0 unspecified atom stereocenters. The Bertz CT molecular complexity index is 1550. The van der Waals surface area contributed by atoms with Gasteiger partial charge < -0.3 is 19.9 Å². The van der Waals surface area contributed by atoms with Gasteiger partial charge in [0.25, 0.3) is 0 Å². The number of carbonyl (C=O) groups is 2. The number of nitrogens with zero attached hydrogens (tertiary/aromatic N) is 1. The molecule has 2 N–H and O–H groups in total. The molecule has 2 aliphatic heterocycles. The Hall–Kier alpha value is -4.20. The smallest absolute Gasteiger partial charge is 0.238 e. The molecule has 0 aromatic heterocycles. The van der Waals surface area contributed by atoms with E-state index >= 15 is 0 Å². The second kappa shape index (κ2) is 12.6. The van der Waals surface area contributed by atoms with Crippen LogP contribution in [0.4, 0.5) is 17.1 Å². The number of phenolic OH excluding ortho intramolecular Hbond substituents is 1. The number of fused-ring (bicyclic) bond motifs is 3. The SMILES string of the molecule is CC/C(=C\c1cccc(O)c1)CC[C@H]1OC[C@H]2C1=C(COC)C[C@H]1C(=O)N(c3ccc(Nc4ccccc4)cc3)C(=O)[C@H]12. The minimum absolute atomic E-state index is 0.115. The van der Waals surface area contributed by atoms with Crippen molar-refractivity contribution in [3.63, 3.8) is 0 Å². The van der Waals surface area contributed by atoms with Crippen LogP contribution >= 0.6 is 0 Å². The van der Waals surface area contributed by atoms with Crippen molar-refractivity contribution in [1.82, 2.24) is 0 Å². The van der Waals surface area contributed by atoms with E-state index in [4.69, 9.17) is 9.47 Å². The Balaban J connectivity index is 1.20. The van der Waals surface area contributed by atoms with Crippen molar-refractivity contribution in [2.24, 2.45) is 17.8 Å². The molecule has 222 valence electrons. The maximum atomic E-state index is 13.9. The first-order chi connectivity index (χ1) is 21.0. The van der Waals surface area contributed by atoms with E-state index < -0.39 is 11.8 Å². The number of hydrogen-bond acceptors (Lipinski definition) is 6. The lowest BCUT2D eigenvalue weighted by atomic mass is 9.69. The summed E-state index contributed by atoms with van der Waals surface area (Å²) in [5.74, 6) is -0.995. The van der Waals surface area contributed by atoms with Crippen LogP contribution in [0.15, 0.2) is 95.6 Å². The molecule has 3 aromatic rings. The van der Waals surface area contributed by atoms with Crippen molar-refractivity contribution in [3.05, 3.63) is 101 Å². The van der Waals surface area contributed by atoms with Crippen molar-refractivity contribution in [1.29, 1.82) is 0 Å². The summed E-state index contributed by atoms with van der Waals surface area (Å²) in [6.45, 7) is 2.99. The van der Waals surface area contributed by atoms with E-state index in [0.29, 0.717) is 25.3 Å². The number of phenols is 1. The summed E-state index contributed by atoms with van der Waals surface area (Å²) in [5, 5.41) is 13.2. The van der Waals surface area contributed by atoms with Crippen LogP contribution in [0.3, 0.4) is 0 Å². The summed E-state index contributed by atoms with van der Waals surface area (Å²) < 4.78 is 12.0. The van der Waals surface area contributed by atoms with Gasteiger partial charge in [0.05, 0.1) is 36.8 Å². The fraction of sp³-hybridized carbons (Fsp3) is 0.333. The van der Waals surface area contributed by atoms with Gasteiger partial charge in [0, 0.05) is 24.4 Å². The fourth-order valence-corrected chi connectivity index (χ4v) is 6.93. The topological polar surface area (TPSA) is 88.1 Å². The van der Waals surface area contributed by atoms with Gasteiger partial charge in [0.2, 0.25) is 11.8 Å². The quantitative estimate of drug-likeness (QED) is 0.202. The third-order valence-electron chi connectivity index (χ3n) is 8.94. The number of methoxy groups -OCH3 is 1. The molecule has 2 saturated heterocycles. The van der Waals surface area contributed by atoms with Gasteiger partial charge in [-0.2, -0.15) is 0 Å². The molecule has 2 amide bonds. The van der Waals surface area contributed by atoms with Gasteiger partial charge in [-0.05, 0) is 90.9 Å². The van der Waals surface area contributed by atoms with Crippen LogP contribution in [0.5, 0.6) is 5.75 Å². The van der Waals surface area contributed by atoms with Crippen molar-refractivity contribution in [2.75, 3.05) is 30.5 Å². The van der Waals surface area contributed by atoms with Crippen molar-refractivity contribution < 1.29 is 24.2 Å². The van der Waals surface area contributed by atoms with E-state index in [1.807, 2.05) is 66.7 Å². The average Bonchev–Trinajstić information content (AvgIpc) is 3.54. The lowest BCUT2D eigenvalue weighted by Crippen LogP contribution is -2.35. The first kappa shape index (κ1) is 28.9. The molecule has 0 bridgehead atoms. The highest BCUT2D eigenvalue weighted by atomic mass is 16.5. The van der Waals surface area contributed by atoms with Gasteiger partial charge in [-0.25, -0.2) is 0 Å². The van der Waals surface area contributed by atoms with Crippen LogP contribution < -0.4 is 10.2 Å². The minimum Gasteiger partial charge on any atom is -0.508 e. The van der Waals surface area contributed by atoms with Crippen LogP contribution in [-0.2, 0) is 19.1 Å². The van der Waals surface area contributed by atoms with Crippen LogP contribution in [0, 0.1) is 17.8 Å². The molecule has 0 spiro atoms. The standard InChI is InChI=1S/C36H38N2O5/c1-3-23(18-24-8-7-11-29(39)19-24)12-17-32-33-25(21-42-2)20-30-34(31(33)22-43-32)36(41)38(35(30)40)28-15-13-27(14-16-28)37-26-9-5-4-6-10-26/h4-11,13-16,18-19,30-32,34,37,39H,3,12,17,20-22H2,1-2H3/b23-18+/t30-,31+,32-,34-/m1/s1. The van der Waals surface area contributed by atoms with E-state index in [9.17, 15) is 14.7 Å². The number of allylic oxidation sites excluding steroid dienone is 1. The third kappa shape index (κ3) is 5.88. The number of nitrogens with one attached hydrogen (secondary N) is 1. The number of aromatic hydroxyl groups is 1. The summed E-state index contributed by atoms with van der Waals surface area (Å²) in [7, 11) is 1.67. The van der Waals surface area contributed by atoms with Gasteiger partial charge >= 0.3 is 0 Å². The Morgan fingerprint density at radius 3 is 2.49 bits per heavy atom. The zero-order valence-electron chi connectivity index (χ0n) is 24.7. The van der Waals surface area contributed by atoms with Crippen LogP contribution in [0.25, 0.3) is 6.08 Å². The summed E-state index contributed by atoms with van der Waals surface area (Å²) in [6.07, 6.45) is 5.04. The van der Waals surface area contributed by atoms with Crippen molar-refractivity contribution in [2.45, 2.75) is 38.7 Å². The Morgan fingerprint density at radius 1 is 1.00 bits per heavy atom. The van der Waals surface area contributed by atoms with Crippen molar-refractivity contribution in [3.8, 4) is 5.75 Å². The summed E-state index contributed by atoms with van der Waals surface area (Å²) in [6, 6.07) is 24.6. The molecule has 2 heterocycles. The van der Waals surface area contributed by atoms with Crippen LogP contribution in [0.2, 0.25) is 0 Å². The number of hydrogen-bond donors (Lipinski definition) is 2. The van der Waals surface area contributed by atoms with Crippen LogP contribution in [0.1, 0.15) is 38.2 Å². The first-order valence-corrected chi connectivity index (χ1v) is 15.1. The summed E-state index contributed by atoms with van der Waals surface area (Å²) in [5.41, 5.74) is 6.94. The van der Waals surface area contributed by atoms with Gasteiger partial charge in [-0.15, -0.1) is 0 Å². The molecule has 4 atom stereocenters. The lowest BCUT2D eigenvalue weighted by molar-refractivity contribution is -0.122. The molecule has 3 aromatic carbocycles. The molecular weight excluding hydrogens is 540 g/mol. The van der Waals surface area contributed by atoms with Gasteiger partial charge in [0.15, 0.2) is 0 Å². The Morgan fingerprint density at radius 2 is 1.77 bits per heavy atom. The largest absolute Gasteiger partial charge is 0.508 e. The normalized spacial score (nSPS) is 23.5. The maximum absolute atomic E-state index is 13.9. The van der Waals surface area contributed by atoms with Gasteiger partial charge in [-0.1, -0.05) is 48.9 Å². The minimum atomic E-state index is -0.427. The molecule has 7 nitrogen and oxygen atoms in total. The number of amides is 2. The molecule has 2 fully saturated rings. The number of rotatable bonds is 10. The predicted molar refractivity (Wildman–Crippen MR) is 168 cm³/mol. The first-order valence-electron chi connectivity index (χ1n) is 15.1. The number of ether oxygens (including phenoxy) is 2. The second-order valence-electron chi connectivity index (χ2n) is 11.6. The van der Waals surface area contributed by atoms with E-state index in [2.05, 4.69) is 18.3 Å². The lowest BCUT2D eigenvalue weighted by Gasteiger charge is -2.31. The highest BCUT2D eigenvalue weighted by Crippen LogP contribution is 2.50. The monoisotopic (exact) mass is 578 g/mol. The molecule has 6 rings (SSSR count). The molecule has 3 aliphatic rings. The number of benzene rings is 3. The van der Waals surface area contributed by atoms with E-state index in [-0.39, 0.29) is 29.6 Å². The summed E-state index contributed by atoms with van der Waals surface area (Å²) in [4.78, 5) is 29.1. The second-order valence-corrected chi connectivity index (χ2v) is 11.6. The highest BCUT2D eigenvalue weighted by molar-refractivity contribution is 6.22. The Labute approximate surface area is 252 Å². The highest BCUT2D eigenvalue weighted by Gasteiger charge is 2.57. The molecular formula is C36H38N2O5. The number of carbonyl (C=O) groups excluding carboxylic acids is 2. The Kier molecular flexibility index (Phi) is 8.45. The number of imide groups is 1.